The van der Waals surface area contributed by atoms with E-state index in [1.807, 2.05) is 39.8 Å². The highest BCUT2D eigenvalue weighted by Crippen LogP contribution is 2.32. The van der Waals surface area contributed by atoms with Crippen LogP contribution < -0.4 is 21.3 Å². The molecule has 3 heterocycles. The molecule has 214 valence electrons. The Morgan fingerprint density at radius 2 is 1.75 bits per heavy atom. The Balaban J connectivity index is 1.57. The van der Waals surface area contributed by atoms with Crippen LogP contribution in [0, 0.1) is 17.0 Å². The molecule has 0 fully saturated rings. The van der Waals surface area contributed by atoms with Crippen molar-refractivity contribution in [1.82, 2.24) is 23.6 Å². The standard InChI is InChI=1S/C27H32F2N6O4S/c1-27(2,3)14-39-23-17(28)8-15(9-18(23)29)19-13-40-25(30-19)31-20(36)12-35-11-16(10-32(4)5)21-22(35)24(37)34(7)26(38)33(21)6/h8-9,11,13H,10,12,14H2,1-7H3,(H,30,31,36). The first-order valence-corrected chi connectivity index (χ1v) is 13.3. The Labute approximate surface area is 233 Å². The number of rotatable bonds is 8. The van der Waals surface area contributed by atoms with E-state index in [0.29, 0.717) is 12.1 Å². The van der Waals surface area contributed by atoms with Gasteiger partial charge in [-0.15, -0.1) is 11.3 Å². The normalized spacial score (nSPS) is 11.9. The number of ether oxygens (including phenoxy) is 1. The summed E-state index contributed by atoms with van der Waals surface area (Å²) in [5.74, 6) is -2.60. The molecule has 40 heavy (non-hydrogen) atoms. The predicted molar refractivity (Wildman–Crippen MR) is 151 cm³/mol. The van der Waals surface area contributed by atoms with Gasteiger partial charge in [0.2, 0.25) is 5.91 Å². The number of carbonyl (C=O) groups excluding carboxylic acids is 1. The van der Waals surface area contributed by atoms with E-state index in [1.165, 1.54) is 16.2 Å². The molecular formula is C27H32F2N6O4S. The van der Waals surface area contributed by atoms with Gasteiger partial charge in [-0.25, -0.2) is 18.6 Å². The maximum absolute atomic E-state index is 14.6. The third-order valence-electron chi connectivity index (χ3n) is 6.04. The number of fused-ring (bicyclic) bond motifs is 1. The van der Waals surface area contributed by atoms with Crippen LogP contribution in [0.15, 0.2) is 33.3 Å². The predicted octanol–water partition coefficient (Wildman–Crippen LogP) is 3.57. The number of anilines is 1. The minimum absolute atomic E-state index is 0.142. The summed E-state index contributed by atoms with van der Waals surface area (Å²) in [5.41, 5.74) is 0.655. The van der Waals surface area contributed by atoms with Gasteiger partial charge in [-0.05, 0) is 31.6 Å². The van der Waals surface area contributed by atoms with Crippen molar-refractivity contribution in [1.29, 1.82) is 0 Å². The first kappa shape index (κ1) is 29.2. The molecule has 0 aliphatic rings. The lowest BCUT2D eigenvalue weighted by Crippen LogP contribution is -2.38. The van der Waals surface area contributed by atoms with Crippen molar-refractivity contribution in [2.75, 3.05) is 26.0 Å². The van der Waals surface area contributed by atoms with Gasteiger partial charge in [0.25, 0.3) is 5.56 Å². The van der Waals surface area contributed by atoms with Crippen molar-refractivity contribution in [3.05, 3.63) is 61.7 Å². The van der Waals surface area contributed by atoms with Crippen LogP contribution in [0.4, 0.5) is 13.9 Å². The van der Waals surface area contributed by atoms with E-state index >= 15 is 0 Å². The van der Waals surface area contributed by atoms with Crippen molar-refractivity contribution < 1.29 is 18.3 Å². The Hall–Kier alpha value is -3.84. The van der Waals surface area contributed by atoms with Crippen LogP contribution in [0.3, 0.4) is 0 Å². The third-order valence-corrected chi connectivity index (χ3v) is 6.80. The van der Waals surface area contributed by atoms with E-state index in [2.05, 4.69) is 10.3 Å². The van der Waals surface area contributed by atoms with Gasteiger partial charge >= 0.3 is 5.69 Å². The van der Waals surface area contributed by atoms with E-state index in [-0.39, 0.29) is 40.5 Å². The lowest BCUT2D eigenvalue weighted by Gasteiger charge is -2.19. The number of carbonyl (C=O) groups is 1. The molecule has 1 N–H and O–H groups in total. The van der Waals surface area contributed by atoms with Crippen molar-refractivity contribution in [3.8, 4) is 17.0 Å². The molecule has 13 heteroatoms. The maximum atomic E-state index is 14.6. The second kappa shape index (κ2) is 11.0. The lowest BCUT2D eigenvalue weighted by atomic mass is 9.99. The van der Waals surface area contributed by atoms with Gasteiger partial charge in [0.05, 0.1) is 17.8 Å². The maximum Gasteiger partial charge on any atom is 0.331 e. The van der Waals surface area contributed by atoms with Crippen molar-refractivity contribution >= 4 is 33.4 Å². The molecule has 0 unspecified atom stereocenters. The van der Waals surface area contributed by atoms with Crippen molar-refractivity contribution in [2.45, 2.75) is 33.9 Å². The molecule has 4 aromatic rings. The van der Waals surface area contributed by atoms with Crippen LogP contribution in [0.25, 0.3) is 22.3 Å². The molecule has 10 nitrogen and oxygen atoms in total. The lowest BCUT2D eigenvalue weighted by molar-refractivity contribution is -0.116. The van der Waals surface area contributed by atoms with Gasteiger partial charge in [0.15, 0.2) is 22.5 Å². The molecule has 0 spiro atoms. The molecule has 3 aromatic heterocycles. The van der Waals surface area contributed by atoms with Crippen molar-refractivity contribution in [3.63, 3.8) is 0 Å². The summed E-state index contributed by atoms with van der Waals surface area (Å²) in [5, 5.41) is 4.48. The summed E-state index contributed by atoms with van der Waals surface area (Å²) in [6.45, 7) is 6.07. The van der Waals surface area contributed by atoms with Crippen LogP contribution >= 0.6 is 11.3 Å². The summed E-state index contributed by atoms with van der Waals surface area (Å²) in [6.07, 6.45) is 1.69. The van der Waals surface area contributed by atoms with Crippen LogP contribution in [0.5, 0.6) is 5.75 Å². The average molecular weight is 575 g/mol. The molecule has 0 saturated heterocycles. The monoisotopic (exact) mass is 574 g/mol. The van der Waals surface area contributed by atoms with E-state index < -0.39 is 34.5 Å². The van der Waals surface area contributed by atoms with Gasteiger partial charge in [0.1, 0.15) is 12.1 Å². The third kappa shape index (κ3) is 5.99. The number of thiazole rings is 1. The molecule has 0 radical (unpaired) electrons. The molecule has 0 bridgehead atoms. The summed E-state index contributed by atoms with van der Waals surface area (Å²) < 4.78 is 38.5. The largest absolute Gasteiger partial charge is 0.487 e. The number of aromatic nitrogens is 4. The number of hydrogen-bond acceptors (Lipinski definition) is 7. The Kier molecular flexibility index (Phi) is 7.99. The fourth-order valence-corrected chi connectivity index (χ4v) is 5.00. The van der Waals surface area contributed by atoms with Crippen LogP contribution in [-0.4, -0.2) is 50.2 Å². The summed E-state index contributed by atoms with van der Waals surface area (Å²) in [7, 11) is 6.69. The first-order chi connectivity index (χ1) is 18.7. The number of amides is 1. The average Bonchev–Trinajstić information content (AvgIpc) is 3.44. The van der Waals surface area contributed by atoms with Crippen LogP contribution in [-0.2, 0) is 32.0 Å². The fourth-order valence-electron chi connectivity index (χ4n) is 4.26. The highest BCUT2D eigenvalue weighted by atomic mass is 32.1. The second-order valence-electron chi connectivity index (χ2n) is 11.1. The molecule has 0 atom stereocenters. The number of halogens is 2. The fraction of sp³-hybridized carbons (Fsp3) is 0.407. The number of aryl methyl sites for hydroxylation is 1. The zero-order chi connectivity index (χ0) is 29.5. The number of hydrogen-bond donors (Lipinski definition) is 1. The molecule has 4 rings (SSSR count). The smallest absolute Gasteiger partial charge is 0.331 e. The number of nitrogens with zero attached hydrogens (tertiary/aromatic N) is 5. The van der Waals surface area contributed by atoms with Crippen LogP contribution in [0.2, 0.25) is 0 Å². The summed E-state index contributed by atoms with van der Waals surface area (Å²) in [6, 6.07) is 2.28. The minimum atomic E-state index is -0.846. The summed E-state index contributed by atoms with van der Waals surface area (Å²) in [4.78, 5) is 44.7. The number of benzene rings is 1. The molecule has 0 saturated carbocycles. The highest BCUT2D eigenvalue weighted by molar-refractivity contribution is 7.14. The minimum Gasteiger partial charge on any atom is -0.487 e. The van der Waals surface area contributed by atoms with Gasteiger partial charge in [-0.2, -0.15) is 0 Å². The quantitative estimate of drug-likeness (QED) is 0.345. The van der Waals surface area contributed by atoms with Gasteiger partial charge < -0.3 is 19.5 Å². The van der Waals surface area contributed by atoms with Crippen molar-refractivity contribution in [2.24, 2.45) is 19.5 Å². The Morgan fingerprint density at radius 1 is 1.10 bits per heavy atom. The zero-order valence-electron chi connectivity index (χ0n) is 23.5. The Bertz CT molecular complexity index is 1690. The SMILES string of the molecule is CN(C)Cc1cn(CC(=O)Nc2nc(-c3cc(F)c(OCC(C)(C)C)c(F)c3)cs2)c2c(=O)n(C)c(=O)n(C)c12. The molecule has 1 amide bonds. The van der Waals surface area contributed by atoms with Crippen LogP contribution in [0.1, 0.15) is 26.3 Å². The van der Waals surface area contributed by atoms with E-state index in [9.17, 15) is 23.2 Å². The van der Waals surface area contributed by atoms with E-state index in [1.54, 1.807) is 18.6 Å². The highest BCUT2D eigenvalue weighted by Gasteiger charge is 2.21. The van der Waals surface area contributed by atoms with Gasteiger partial charge in [0, 0.05) is 43.3 Å². The summed E-state index contributed by atoms with van der Waals surface area (Å²) >= 11 is 1.09. The molecule has 1 aromatic carbocycles. The topological polar surface area (TPSA) is 103 Å². The van der Waals surface area contributed by atoms with Gasteiger partial charge in [-0.3, -0.25) is 18.7 Å². The molecule has 0 aliphatic carbocycles. The Morgan fingerprint density at radius 3 is 2.35 bits per heavy atom. The zero-order valence-corrected chi connectivity index (χ0v) is 24.3. The number of nitrogens with one attached hydrogen (secondary N) is 1. The first-order valence-electron chi connectivity index (χ1n) is 12.5. The second-order valence-corrected chi connectivity index (χ2v) is 12.0. The molecular weight excluding hydrogens is 542 g/mol. The van der Waals surface area contributed by atoms with Gasteiger partial charge in [-0.1, -0.05) is 20.8 Å². The van der Waals surface area contributed by atoms with E-state index in [4.69, 9.17) is 4.74 Å². The molecule has 0 aliphatic heterocycles. The van der Waals surface area contributed by atoms with E-state index in [0.717, 1.165) is 33.6 Å².